The molecule has 2 aromatic heterocycles. The Morgan fingerprint density at radius 1 is 1.32 bits per heavy atom. The number of carbonyl (C=O) groups excluding carboxylic acids is 1. The molecule has 6 heteroatoms. The SMILES string of the molecule is CNc1nc2c(s1)[C@H](c1c(C)sc3ccccc13)CC(=O)N2. The number of thiazole rings is 1. The molecule has 2 N–H and O–H groups in total. The van der Waals surface area contributed by atoms with Gasteiger partial charge in [0, 0.05) is 29.0 Å². The summed E-state index contributed by atoms with van der Waals surface area (Å²) in [5, 5.41) is 8.07. The van der Waals surface area contributed by atoms with Crippen LogP contribution in [0.1, 0.15) is 27.7 Å². The van der Waals surface area contributed by atoms with Crippen LogP contribution in [0.5, 0.6) is 0 Å². The average molecular weight is 329 g/mol. The van der Waals surface area contributed by atoms with Gasteiger partial charge in [-0.3, -0.25) is 4.79 Å². The second-order valence-electron chi connectivity index (χ2n) is 5.35. The molecule has 0 saturated heterocycles. The Morgan fingerprint density at radius 3 is 2.95 bits per heavy atom. The van der Waals surface area contributed by atoms with Crippen LogP contribution in [0.15, 0.2) is 24.3 Å². The van der Waals surface area contributed by atoms with Crippen LogP contribution in [0.25, 0.3) is 10.1 Å². The molecule has 4 nitrogen and oxygen atoms in total. The van der Waals surface area contributed by atoms with Gasteiger partial charge in [0.05, 0.1) is 4.88 Å². The van der Waals surface area contributed by atoms with E-state index in [4.69, 9.17) is 0 Å². The lowest BCUT2D eigenvalue weighted by Crippen LogP contribution is -2.22. The Hall–Kier alpha value is -1.92. The Morgan fingerprint density at radius 2 is 2.14 bits per heavy atom. The van der Waals surface area contributed by atoms with Crippen molar-refractivity contribution in [2.24, 2.45) is 0 Å². The number of amides is 1. The highest BCUT2D eigenvalue weighted by Gasteiger charge is 2.32. The van der Waals surface area contributed by atoms with Crippen molar-refractivity contribution in [3.8, 4) is 0 Å². The quantitative estimate of drug-likeness (QED) is 0.741. The molecule has 3 aromatic rings. The van der Waals surface area contributed by atoms with Crippen molar-refractivity contribution in [2.75, 3.05) is 17.7 Å². The van der Waals surface area contributed by atoms with Gasteiger partial charge in [0.15, 0.2) is 5.13 Å². The fourth-order valence-corrected chi connectivity index (χ4v) is 5.19. The van der Waals surface area contributed by atoms with E-state index in [2.05, 4.69) is 46.8 Å². The Bertz CT molecular complexity index is 881. The molecular formula is C16H15N3OS2. The number of hydrogen-bond acceptors (Lipinski definition) is 5. The van der Waals surface area contributed by atoms with Crippen LogP contribution in [-0.2, 0) is 4.79 Å². The van der Waals surface area contributed by atoms with E-state index in [1.165, 1.54) is 20.5 Å². The van der Waals surface area contributed by atoms with Crippen LogP contribution in [0.2, 0.25) is 0 Å². The minimum atomic E-state index is 0.0418. The molecule has 0 aliphatic carbocycles. The van der Waals surface area contributed by atoms with E-state index in [1.54, 1.807) is 22.7 Å². The summed E-state index contributed by atoms with van der Waals surface area (Å²) in [5.74, 6) is 0.852. The summed E-state index contributed by atoms with van der Waals surface area (Å²) in [7, 11) is 1.85. The number of fused-ring (bicyclic) bond motifs is 2. The molecule has 22 heavy (non-hydrogen) atoms. The third-order valence-corrected chi connectivity index (χ3v) is 6.29. The fourth-order valence-electron chi connectivity index (χ4n) is 3.08. The lowest BCUT2D eigenvalue weighted by Gasteiger charge is -2.22. The van der Waals surface area contributed by atoms with Crippen molar-refractivity contribution >= 4 is 49.6 Å². The average Bonchev–Trinajstić information content (AvgIpc) is 3.06. The summed E-state index contributed by atoms with van der Waals surface area (Å²) in [6.07, 6.45) is 0.486. The molecule has 1 aliphatic rings. The van der Waals surface area contributed by atoms with E-state index in [1.807, 2.05) is 7.05 Å². The largest absolute Gasteiger partial charge is 0.365 e. The molecule has 0 radical (unpaired) electrons. The summed E-state index contributed by atoms with van der Waals surface area (Å²) >= 11 is 3.43. The van der Waals surface area contributed by atoms with E-state index in [0.29, 0.717) is 12.2 Å². The fraction of sp³-hybridized carbons (Fsp3) is 0.250. The molecule has 1 aliphatic heterocycles. The smallest absolute Gasteiger partial charge is 0.226 e. The van der Waals surface area contributed by atoms with Gasteiger partial charge >= 0.3 is 0 Å². The summed E-state index contributed by atoms with van der Waals surface area (Å²) in [6.45, 7) is 2.15. The highest BCUT2D eigenvalue weighted by Crippen LogP contribution is 2.47. The molecule has 3 heterocycles. The highest BCUT2D eigenvalue weighted by molar-refractivity contribution is 7.19. The molecule has 4 rings (SSSR count). The molecule has 0 saturated carbocycles. The Balaban J connectivity index is 1.93. The third-order valence-electron chi connectivity index (χ3n) is 4.00. The van der Waals surface area contributed by atoms with Gasteiger partial charge in [-0.2, -0.15) is 0 Å². The van der Waals surface area contributed by atoms with Gasteiger partial charge in [-0.05, 0) is 23.9 Å². The van der Waals surface area contributed by atoms with E-state index in [-0.39, 0.29) is 11.8 Å². The topological polar surface area (TPSA) is 54.0 Å². The number of benzene rings is 1. The first kappa shape index (κ1) is 13.7. The second kappa shape index (κ2) is 5.07. The molecule has 112 valence electrons. The minimum absolute atomic E-state index is 0.0418. The molecule has 0 bridgehead atoms. The summed E-state index contributed by atoms with van der Waals surface area (Å²) in [6, 6.07) is 8.42. The molecule has 1 aromatic carbocycles. The normalized spacial score (nSPS) is 17.4. The second-order valence-corrected chi connectivity index (χ2v) is 7.64. The van der Waals surface area contributed by atoms with Crippen LogP contribution in [0.4, 0.5) is 10.9 Å². The number of nitrogens with one attached hydrogen (secondary N) is 2. The molecule has 0 spiro atoms. The number of rotatable bonds is 2. The van der Waals surface area contributed by atoms with Gasteiger partial charge in [0.1, 0.15) is 5.82 Å². The number of anilines is 2. The summed E-state index contributed by atoms with van der Waals surface area (Å²) in [5.41, 5.74) is 1.28. The van der Waals surface area contributed by atoms with E-state index in [0.717, 1.165) is 10.0 Å². The predicted octanol–water partition coefficient (Wildman–Crippen LogP) is 4.18. The van der Waals surface area contributed by atoms with Crippen molar-refractivity contribution in [1.29, 1.82) is 0 Å². The highest BCUT2D eigenvalue weighted by atomic mass is 32.1. The van der Waals surface area contributed by atoms with Crippen molar-refractivity contribution in [2.45, 2.75) is 19.3 Å². The van der Waals surface area contributed by atoms with Gasteiger partial charge in [0.25, 0.3) is 0 Å². The monoisotopic (exact) mass is 329 g/mol. The molecule has 1 amide bonds. The number of thiophene rings is 1. The molecule has 0 fully saturated rings. The zero-order valence-electron chi connectivity index (χ0n) is 12.3. The third kappa shape index (κ3) is 2.02. The Labute approximate surface area is 136 Å². The zero-order chi connectivity index (χ0) is 15.3. The minimum Gasteiger partial charge on any atom is -0.365 e. The molecule has 1 atom stereocenters. The molecular weight excluding hydrogens is 314 g/mol. The van der Waals surface area contributed by atoms with Gasteiger partial charge in [-0.1, -0.05) is 29.5 Å². The van der Waals surface area contributed by atoms with Crippen LogP contribution in [0, 0.1) is 6.92 Å². The zero-order valence-corrected chi connectivity index (χ0v) is 13.9. The maximum absolute atomic E-state index is 12.1. The lowest BCUT2D eigenvalue weighted by molar-refractivity contribution is -0.116. The number of nitrogens with zero attached hydrogens (tertiary/aromatic N) is 1. The van der Waals surface area contributed by atoms with Crippen LogP contribution >= 0.6 is 22.7 Å². The maximum Gasteiger partial charge on any atom is 0.226 e. The van der Waals surface area contributed by atoms with Gasteiger partial charge < -0.3 is 10.6 Å². The standard InChI is InChI=1S/C16H15N3OS2/c1-8-13(9-5-3-4-6-11(9)21-8)10-7-12(20)18-15-14(10)22-16(17-2)19-15/h3-6,10H,7H2,1-2H3,(H,17,19)(H,18,20)/t10-/m0/s1. The van der Waals surface area contributed by atoms with E-state index >= 15 is 0 Å². The first-order chi connectivity index (χ1) is 10.7. The Kier molecular flexibility index (Phi) is 3.16. The van der Waals surface area contributed by atoms with E-state index in [9.17, 15) is 4.79 Å². The number of aryl methyl sites for hydroxylation is 1. The van der Waals surface area contributed by atoms with Crippen molar-refractivity contribution < 1.29 is 4.79 Å². The first-order valence-corrected chi connectivity index (χ1v) is 8.77. The van der Waals surface area contributed by atoms with Gasteiger partial charge in [0.2, 0.25) is 5.91 Å². The molecule has 0 unspecified atom stereocenters. The van der Waals surface area contributed by atoms with Crippen LogP contribution in [0.3, 0.4) is 0 Å². The van der Waals surface area contributed by atoms with Crippen molar-refractivity contribution in [3.05, 3.63) is 39.6 Å². The number of aromatic nitrogens is 1. The van der Waals surface area contributed by atoms with Crippen molar-refractivity contribution in [3.63, 3.8) is 0 Å². The number of hydrogen-bond donors (Lipinski definition) is 2. The van der Waals surface area contributed by atoms with Crippen LogP contribution in [-0.4, -0.2) is 17.9 Å². The van der Waals surface area contributed by atoms with E-state index < -0.39 is 0 Å². The summed E-state index contributed by atoms with van der Waals surface area (Å²) < 4.78 is 1.28. The lowest BCUT2D eigenvalue weighted by atomic mass is 9.89. The maximum atomic E-state index is 12.1. The van der Waals surface area contributed by atoms with Crippen molar-refractivity contribution in [1.82, 2.24) is 4.98 Å². The number of carbonyl (C=O) groups is 1. The first-order valence-electron chi connectivity index (χ1n) is 7.13. The summed E-state index contributed by atoms with van der Waals surface area (Å²) in [4.78, 5) is 19.0. The predicted molar refractivity (Wildman–Crippen MR) is 93.3 cm³/mol. The van der Waals surface area contributed by atoms with Crippen LogP contribution < -0.4 is 10.6 Å². The van der Waals surface area contributed by atoms with Gasteiger partial charge in [-0.25, -0.2) is 4.98 Å². The van der Waals surface area contributed by atoms with Gasteiger partial charge in [-0.15, -0.1) is 11.3 Å².